The molecule has 30 heteroatoms. The van der Waals surface area contributed by atoms with Crippen molar-refractivity contribution in [2.75, 3.05) is 0 Å². The Morgan fingerprint density at radius 1 is 0.417 bits per heavy atom. The summed E-state index contributed by atoms with van der Waals surface area (Å²) in [6, 6.07) is 0. The third kappa shape index (κ3) is 13.2. The molecule has 0 radical (unpaired) electrons. The molecule has 0 amide bonds. The van der Waals surface area contributed by atoms with Gasteiger partial charge >= 0.3 is 71.6 Å². The highest BCUT2D eigenvalue weighted by atomic mass is 32.2. The second kappa shape index (κ2) is 28.5. The van der Waals surface area contributed by atoms with Crippen molar-refractivity contribution >= 4 is 91.9 Å². The van der Waals surface area contributed by atoms with E-state index in [-0.39, 0.29) is 63.2 Å². The van der Waals surface area contributed by atoms with E-state index in [9.17, 15) is 74.4 Å². The zero-order valence-corrected chi connectivity index (χ0v) is 64.0. The van der Waals surface area contributed by atoms with Gasteiger partial charge in [0.25, 0.3) is 20.2 Å². The standard InChI is InChI=1S/C42H58O12.C24H34O10S2.C10H10O6.2CH4/c1-7-40(6,38(48)52-32-24-19-22-26(34(44)50-30(22)32)28(24)36(46)54-42(9-3)16-12-13-17-42)20-39(4,5)37(47)51-31-23-18-21-25(33(43)49-29(21)31)27(23)35(45)53-41(8-2)14-10-11-15-41;1-5-24(4,22(26)32-18-12-7-14-16(9-12)36(29,30)34-20(14)18)10-23(2,3)21(25)31-17-11-6-13-15(8-11)35(27,28)33-19(13)17;1-3-5(9(13)15-7(3)11)6-4(2)8(12)16-10(6)14;;/h21-32H,7-20H2,1-6H3;11-20H,5-10H2,1-4H3;3-6H,1-2H3;2*1H4. The molecule has 108 heavy (non-hydrogen) atoms. The van der Waals surface area contributed by atoms with Crippen LogP contribution in [0.1, 0.15) is 226 Å². The Morgan fingerprint density at radius 3 is 1.07 bits per heavy atom. The molecule has 10 saturated carbocycles. The quantitative estimate of drug-likeness (QED) is 0.0449. The van der Waals surface area contributed by atoms with E-state index in [1.807, 2.05) is 27.7 Å². The van der Waals surface area contributed by atoms with E-state index in [1.54, 1.807) is 41.5 Å². The Labute approximate surface area is 632 Å². The van der Waals surface area contributed by atoms with Crippen LogP contribution in [0.3, 0.4) is 0 Å². The molecule has 8 bridgehead atoms. The molecule has 28 nitrogen and oxygen atoms in total. The molecule has 0 aromatic rings. The lowest BCUT2D eigenvalue weighted by molar-refractivity contribution is -0.184. The van der Waals surface area contributed by atoms with Gasteiger partial charge in [0.05, 0.1) is 79.5 Å². The van der Waals surface area contributed by atoms with Crippen molar-refractivity contribution in [2.45, 2.75) is 297 Å². The fraction of sp³-hybridized carbons (Fsp3) is 0.846. The van der Waals surface area contributed by atoms with Gasteiger partial charge in [-0.2, -0.15) is 16.8 Å². The van der Waals surface area contributed by atoms with Gasteiger partial charge < -0.3 is 47.4 Å². The summed E-state index contributed by atoms with van der Waals surface area (Å²) in [6.07, 6.45) is 7.77. The van der Waals surface area contributed by atoms with E-state index in [4.69, 9.17) is 46.3 Å². The van der Waals surface area contributed by atoms with Crippen molar-refractivity contribution < 1.29 is 130 Å². The van der Waals surface area contributed by atoms with Crippen LogP contribution in [0, 0.1) is 116 Å². The second-order valence-corrected chi connectivity index (χ2v) is 39.4. The van der Waals surface area contributed by atoms with Gasteiger partial charge in [-0.05, 0) is 170 Å². The fourth-order valence-electron chi connectivity index (χ4n) is 22.7. The summed E-state index contributed by atoms with van der Waals surface area (Å²) < 4.78 is 117. The number of cyclic esters (lactones) is 4. The zero-order chi connectivity index (χ0) is 76.6. The summed E-state index contributed by atoms with van der Waals surface area (Å²) in [5, 5.41) is -0.984. The summed E-state index contributed by atoms with van der Waals surface area (Å²) in [6.45, 7) is 21.2. The first-order valence-electron chi connectivity index (χ1n) is 38.8. The van der Waals surface area contributed by atoms with Gasteiger partial charge in [0, 0.05) is 47.3 Å². The SMILES string of the molecule is C.C.CC1C(=O)OC(=O)C1C1C(=O)OC(=O)C1C.CCC(C)(CC(C)(C)C(=O)OC1C2CC3C1OS(=O)(=O)C3C2)C(=O)OC1C2CC3C1OS(=O)(=O)C3C2.CCC1(OC(=O)C2C3CC4C(OC(=O)C42)C3OC(=O)C(C)(C)CC(C)(CC)C(=O)OC2C3CC4C2OC(=O)C4C3C(=O)OC2(CC)CCCC2)CCCC1. The van der Waals surface area contributed by atoms with Crippen molar-refractivity contribution in [2.24, 2.45) is 116 Å². The Hall–Kier alpha value is -6.14. The Balaban J connectivity index is 0.000000172. The minimum atomic E-state index is -3.61. The van der Waals surface area contributed by atoms with E-state index in [0.717, 1.165) is 51.4 Å². The predicted octanol–water partition coefficient (Wildman–Crippen LogP) is 8.64. The molecule has 6 heterocycles. The zero-order valence-electron chi connectivity index (χ0n) is 62.4. The number of fused-ring (bicyclic) bond motifs is 4. The fourth-order valence-corrected chi connectivity index (χ4v) is 26.5. The lowest BCUT2D eigenvalue weighted by atomic mass is 9.72. The topological polar surface area (TPSA) is 384 Å². The smallest absolute Gasteiger partial charge is 0.318 e. The third-order valence-corrected chi connectivity index (χ3v) is 32.4. The average Bonchev–Trinajstić information content (AvgIpc) is 1.28. The second-order valence-electron chi connectivity index (χ2n) is 35.9. The van der Waals surface area contributed by atoms with E-state index in [2.05, 4.69) is 9.47 Å². The van der Waals surface area contributed by atoms with Crippen LogP contribution in [-0.4, -0.2) is 159 Å². The molecule has 28 atom stereocenters. The average molecular weight is 1560 g/mol. The van der Waals surface area contributed by atoms with Crippen LogP contribution in [0.4, 0.5) is 0 Å². The molecule has 16 aliphatic rings. The van der Waals surface area contributed by atoms with Gasteiger partial charge in [0.15, 0.2) is 0 Å². The first-order valence-corrected chi connectivity index (χ1v) is 41.7. The summed E-state index contributed by atoms with van der Waals surface area (Å²) in [5.74, 6) is -13.8. The lowest BCUT2D eigenvalue weighted by Gasteiger charge is -2.38. The predicted molar refractivity (Wildman–Crippen MR) is 374 cm³/mol. The molecule has 6 saturated heterocycles. The van der Waals surface area contributed by atoms with Crippen LogP contribution in [-0.2, 0) is 134 Å². The molecule has 28 unspecified atom stereocenters. The molecule has 16 fully saturated rings. The number of esters is 12. The molecule has 0 spiro atoms. The van der Waals surface area contributed by atoms with Crippen LogP contribution < -0.4 is 0 Å². The minimum absolute atomic E-state index is 0. The van der Waals surface area contributed by atoms with E-state index >= 15 is 0 Å². The molecule has 6 aliphatic heterocycles. The number of carbonyl (C=O) groups excluding carboxylic acids is 12. The molecule has 10 aliphatic carbocycles. The van der Waals surface area contributed by atoms with Gasteiger partial charge in [-0.25, -0.2) is 0 Å². The van der Waals surface area contributed by atoms with Crippen molar-refractivity contribution in [3.63, 3.8) is 0 Å². The van der Waals surface area contributed by atoms with Gasteiger partial charge in [-0.1, -0.05) is 56.4 Å². The van der Waals surface area contributed by atoms with Gasteiger partial charge in [0.2, 0.25) is 0 Å². The Kier molecular flexibility index (Phi) is 21.5. The molecule has 0 aromatic carbocycles. The van der Waals surface area contributed by atoms with Gasteiger partial charge in [-0.15, -0.1) is 0 Å². The molecular formula is C78H110O28S2. The highest BCUT2D eigenvalue weighted by Crippen LogP contribution is 2.63. The molecule has 602 valence electrons. The van der Waals surface area contributed by atoms with E-state index in [1.165, 1.54) is 13.8 Å². The van der Waals surface area contributed by atoms with Gasteiger partial charge in [0.1, 0.15) is 60.0 Å². The first-order chi connectivity index (χ1) is 49.7. The monoisotopic (exact) mass is 1560 g/mol. The van der Waals surface area contributed by atoms with Crippen molar-refractivity contribution in [3.8, 4) is 0 Å². The third-order valence-electron chi connectivity index (χ3n) is 28.9. The Bertz CT molecular complexity index is 3890. The summed E-state index contributed by atoms with van der Waals surface area (Å²) in [5.41, 5.74) is -5.36. The highest BCUT2D eigenvalue weighted by Gasteiger charge is 2.74. The maximum atomic E-state index is 14.2. The lowest BCUT2D eigenvalue weighted by Crippen LogP contribution is -2.48. The van der Waals surface area contributed by atoms with Crippen LogP contribution in [0.2, 0.25) is 0 Å². The summed E-state index contributed by atoms with van der Waals surface area (Å²) in [4.78, 5) is 154. The number of hydrogen-bond acceptors (Lipinski definition) is 28. The van der Waals surface area contributed by atoms with Gasteiger partial charge in [-0.3, -0.25) is 65.9 Å². The highest BCUT2D eigenvalue weighted by molar-refractivity contribution is 7.88. The number of carbonyl (C=O) groups is 12. The van der Waals surface area contributed by atoms with Crippen LogP contribution in [0.15, 0.2) is 0 Å². The number of rotatable bonds is 21. The van der Waals surface area contributed by atoms with E-state index < -0.39 is 243 Å². The Morgan fingerprint density at radius 2 is 0.750 bits per heavy atom. The van der Waals surface area contributed by atoms with Crippen molar-refractivity contribution in [1.82, 2.24) is 0 Å². The molecule has 16 rings (SSSR count). The van der Waals surface area contributed by atoms with Crippen LogP contribution >= 0.6 is 0 Å². The van der Waals surface area contributed by atoms with Crippen LogP contribution in [0.5, 0.6) is 0 Å². The van der Waals surface area contributed by atoms with E-state index in [0.29, 0.717) is 64.2 Å². The molecule has 0 aromatic heterocycles. The number of hydrogen-bond donors (Lipinski definition) is 0. The maximum Gasteiger partial charge on any atom is 0.318 e. The largest absolute Gasteiger partial charge is 0.459 e. The summed E-state index contributed by atoms with van der Waals surface area (Å²) in [7, 11) is -7.21. The van der Waals surface area contributed by atoms with Crippen molar-refractivity contribution in [3.05, 3.63) is 0 Å². The summed E-state index contributed by atoms with van der Waals surface area (Å²) >= 11 is 0. The van der Waals surface area contributed by atoms with Crippen LogP contribution in [0.25, 0.3) is 0 Å². The molecule has 0 N–H and O–H groups in total. The maximum absolute atomic E-state index is 14.2. The molecular weight excluding hydrogens is 1450 g/mol. The number of ether oxygens (including phenoxy) is 10. The first kappa shape index (κ1) is 81.4. The van der Waals surface area contributed by atoms with Crippen molar-refractivity contribution in [1.29, 1.82) is 0 Å². The normalized spacial score (nSPS) is 41.1. The minimum Gasteiger partial charge on any atom is -0.459 e.